The van der Waals surface area contributed by atoms with Crippen LogP contribution >= 0.6 is 0 Å². The second-order valence-corrected chi connectivity index (χ2v) is 3.17. The van der Waals surface area contributed by atoms with Gasteiger partial charge in [0.2, 0.25) is 0 Å². The number of carbonyl (C=O) groups is 1. The lowest BCUT2D eigenvalue weighted by atomic mass is 9.94. The summed E-state index contributed by atoms with van der Waals surface area (Å²) in [4.78, 5) is 10.8. The summed E-state index contributed by atoms with van der Waals surface area (Å²) in [6, 6.07) is 0. The Bertz CT molecular complexity index is 110. The van der Waals surface area contributed by atoms with Gasteiger partial charge in [-0.05, 0) is 19.3 Å². The van der Waals surface area contributed by atoms with Crippen LogP contribution in [0.2, 0.25) is 0 Å². The van der Waals surface area contributed by atoms with Crippen LogP contribution < -0.4 is 5.73 Å². The summed E-state index contributed by atoms with van der Waals surface area (Å²) in [5.74, 6) is 0.869. The molecule has 2 nitrogen and oxygen atoms in total. The molecule has 0 spiro atoms. The Hall–Kier alpha value is -0.370. The topological polar surface area (TPSA) is 43.1 Å². The van der Waals surface area contributed by atoms with Gasteiger partial charge in [0.05, 0.1) is 0 Å². The molecular weight excluding hydrogens is 126 g/mol. The minimum absolute atomic E-state index is 0.0833. The average molecular weight is 143 g/mol. The third-order valence-corrected chi connectivity index (χ3v) is 1.62. The van der Waals surface area contributed by atoms with E-state index in [1.807, 2.05) is 0 Å². The lowest BCUT2D eigenvalue weighted by Gasteiger charge is -2.12. The van der Waals surface area contributed by atoms with Crippen molar-refractivity contribution in [2.24, 2.45) is 17.6 Å². The highest BCUT2D eigenvalue weighted by molar-refractivity contribution is 5.78. The molecule has 1 atom stereocenters. The van der Waals surface area contributed by atoms with Gasteiger partial charge in [-0.25, -0.2) is 0 Å². The molecule has 10 heavy (non-hydrogen) atoms. The monoisotopic (exact) mass is 143 g/mol. The predicted octanol–water partition coefficient (Wildman–Crippen LogP) is 1.20. The first-order valence-electron chi connectivity index (χ1n) is 3.78. The molecule has 60 valence electrons. The summed E-state index contributed by atoms with van der Waals surface area (Å²) in [6.07, 6.45) is 0.922. The normalized spacial score (nSPS) is 13.7. The third-order valence-electron chi connectivity index (χ3n) is 1.62. The summed E-state index contributed by atoms with van der Waals surface area (Å²) in [5.41, 5.74) is 5.40. The highest BCUT2D eigenvalue weighted by Crippen LogP contribution is 2.10. The van der Waals surface area contributed by atoms with Crippen LogP contribution in [-0.4, -0.2) is 12.3 Å². The molecule has 0 saturated carbocycles. The maximum atomic E-state index is 10.8. The molecule has 0 unspecified atom stereocenters. The number of hydrogen-bond acceptors (Lipinski definition) is 2. The van der Waals surface area contributed by atoms with Crippen molar-refractivity contribution in [2.75, 3.05) is 6.54 Å². The van der Waals surface area contributed by atoms with Crippen molar-refractivity contribution in [3.05, 3.63) is 0 Å². The quantitative estimate of drug-likeness (QED) is 0.642. The summed E-state index contributed by atoms with van der Waals surface area (Å²) >= 11 is 0. The Morgan fingerprint density at radius 3 is 2.10 bits per heavy atom. The molecule has 0 saturated heterocycles. The van der Waals surface area contributed by atoms with Crippen molar-refractivity contribution in [2.45, 2.75) is 27.2 Å². The minimum atomic E-state index is 0.0833. The van der Waals surface area contributed by atoms with Crippen LogP contribution in [0.5, 0.6) is 0 Å². The fourth-order valence-corrected chi connectivity index (χ4v) is 0.997. The number of hydrogen-bond donors (Lipinski definition) is 1. The zero-order chi connectivity index (χ0) is 8.15. The van der Waals surface area contributed by atoms with Gasteiger partial charge >= 0.3 is 0 Å². The van der Waals surface area contributed by atoms with E-state index in [0.717, 1.165) is 6.42 Å². The van der Waals surface area contributed by atoms with Crippen LogP contribution in [0.15, 0.2) is 0 Å². The predicted molar refractivity (Wildman–Crippen MR) is 42.7 cm³/mol. The van der Waals surface area contributed by atoms with Gasteiger partial charge in [-0.2, -0.15) is 0 Å². The average Bonchev–Trinajstić information content (AvgIpc) is 1.81. The highest BCUT2D eigenvalue weighted by Gasteiger charge is 2.12. The standard InChI is InChI=1S/C8H17NO/c1-6(2)4-8(5-9)7(3)10/h6,8H,4-5,9H2,1-3H3/t8-/m0/s1. The number of Topliss-reactive ketones (excluding diaryl/α,β-unsaturated/α-hetero) is 1. The van der Waals surface area contributed by atoms with Gasteiger partial charge in [-0.1, -0.05) is 13.8 Å². The summed E-state index contributed by atoms with van der Waals surface area (Å²) < 4.78 is 0. The van der Waals surface area contributed by atoms with Crippen molar-refractivity contribution in [1.82, 2.24) is 0 Å². The third kappa shape index (κ3) is 3.62. The first-order chi connectivity index (χ1) is 4.57. The molecule has 0 radical (unpaired) electrons. The Morgan fingerprint density at radius 2 is 2.00 bits per heavy atom. The van der Waals surface area contributed by atoms with Crippen molar-refractivity contribution < 1.29 is 4.79 Å². The van der Waals surface area contributed by atoms with Crippen LogP contribution in [0, 0.1) is 11.8 Å². The number of rotatable bonds is 4. The van der Waals surface area contributed by atoms with Gasteiger partial charge < -0.3 is 5.73 Å². The molecule has 0 aromatic carbocycles. The van der Waals surface area contributed by atoms with Crippen LogP contribution in [-0.2, 0) is 4.79 Å². The molecule has 0 aromatic rings. The fraction of sp³-hybridized carbons (Fsp3) is 0.875. The van der Waals surface area contributed by atoms with Crippen LogP contribution in [0.4, 0.5) is 0 Å². The van der Waals surface area contributed by atoms with Gasteiger partial charge in [0.25, 0.3) is 0 Å². The minimum Gasteiger partial charge on any atom is -0.330 e. The van der Waals surface area contributed by atoms with E-state index >= 15 is 0 Å². The summed E-state index contributed by atoms with van der Waals surface area (Å²) in [7, 11) is 0. The van der Waals surface area contributed by atoms with Gasteiger partial charge in [0.15, 0.2) is 0 Å². The maximum absolute atomic E-state index is 10.8. The van der Waals surface area contributed by atoms with E-state index in [9.17, 15) is 4.79 Å². The molecule has 0 aliphatic heterocycles. The van der Waals surface area contributed by atoms with E-state index in [-0.39, 0.29) is 11.7 Å². The second kappa shape index (κ2) is 4.45. The first-order valence-corrected chi connectivity index (χ1v) is 3.78. The molecule has 0 aliphatic rings. The van der Waals surface area contributed by atoms with Crippen LogP contribution in [0.1, 0.15) is 27.2 Å². The summed E-state index contributed by atoms with van der Waals surface area (Å²) in [6.45, 7) is 6.31. The van der Waals surface area contributed by atoms with Gasteiger partial charge in [-0.3, -0.25) is 4.79 Å². The molecule has 2 heteroatoms. The smallest absolute Gasteiger partial charge is 0.134 e. The highest BCUT2D eigenvalue weighted by atomic mass is 16.1. The molecule has 2 N–H and O–H groups in total. The molecule has 0 bridgehead atoms. The number of ketones is 1. The molecular formula is C8H17NO. The summed E-state index contributed by atoms with van der Waals surface area (Å²) in [5, 5.41) is 0. The second-order valence-electron chi connectivity index (χ2n) is 3.17. The fourth-order valence-electron chi connectivity index (χ4n) is 0.997. The van der Waals surface area contributed by atoms with Gasteiger partial charge in [-0.15, -0.1) is 0 Å². The van der Waals surface area contributed by atoms with Crippen molar-refractivity contribution in [3.63, 3.8) is 0 Å². The van der Waals surface area contributed by atoms with E-state index in [4.69, 9.17) is 5.73 Å². The molecule has 0 aliphatic carbocycles. The molecule has 0 fully saturated rings. The Balaban J connectivity index is 3.72. The van der Waals surface area contributed by atoms with E-state index in [0.29, 0.717) is 12.5 Å². The van der Waals surface area contributed by atoms with E-state index < -0.39 is 0 Å². The van der Waals surface area contributed by atoms with Gasteiger partial charge in [0.1, 0.15) is 5.78 Å². The lowest BCUT2D eigenvalue weighted by molar-refractivity contribution is -0.120. The van der Waals surface area contributed by atoms with Crippen LogP contribution in [0.3, 0.4) is 0 Å². The largest absolute Gasteiger partial charge is 0.330 e. The van der Waals surface area contributed by atoms with E-state index in [1.165, 1.54) is 0 Å². The van der Waals surface area contributed by atoms with E-state index in [1.54, 1.807) is 6.92 Å². The first kappa shape index (κ1) is 9.63. The van der Waals surface area contributed by atoms with Crippen molar-refractivity contribution in [1.29, 1.82) is 0 Å². The molecule has 0 rings (SSSR count). The lowest BCUT2D eigenvalue weighted by Crippen LogP contribution is -2.22. The Kier molecular flexibility index (Phi) is 4.28. The van der Waals surface area contributed by atoms with Crippen molar-refractivity contribution >= 4 is 5.78 Å². The Morgan fingerprint density at radius 1 is 1.50 bits per heavy atom. The zero-order valence-electron chi connectivity index (χ0n) is 7.05. The van der Waals surface area contributed by atoms with Gasteiger partial charge in [0, 0.05) is 12.5 Å². The van der Waals surface area contributed by atoms with Crippen molar-refractivity contribution in [3.8, 4) is 0 Å². The number of nitrogens with two attached hydrogens (primary N) is 1. The number of carbonyl (C=O) groups excluding carboxylic acids is 1. The molecule has 0 heterocycles. The molecule has 0 amide bonds. The Labute approximate surface area is 62.8 Å². The SMILES string of the molecule is CC(=O)[C@H](CN)CC(C)C. The maximum Gasteiger partial charge on any atom is 0.134 e. The zero-order valence-corrected chi connectivity index (χ0v) is 7.05. The van der Waals surface area contributed by atoms with E-state index in [2.05, 4.69) is 13.8 Å². The molecule has 0 aromatic heterocycles. The van der Waals surface area contributed by atoms with Crippen LogP contribution in [0.25, 0.3) is 0 Å².